The zero-order chi connectivity index (χ0) is 20.0. The van der Waals surface area contributed by atoms with Crippen molar-refractivity contribution in [3.05, 3.63) is 68.2 Å². The SMILES string of the molecule is Cc1sc(-c2ccc(Cl)c(Cl)c2)cc1-c1nc(-c2c(F)cccc2Cl)nn1C. The summed E-state index contributed by atoms with van der Waals surface area (Å²) in [4.78, 5) is 6.64. The predicted octanol–water partition coefficient (Wildman–Crippen LogP) is 7.29. The molecule has 142 valence electrons. The molecule has 0 aliphatic carbocycles. The molecule has 0 spiro atoms. The molecule has 8 heteroatoms. The van der Waals surface area contributed by atoms with E-state index in [1.807, 2.05) is 25.1 Å². The highest BCUT2D eigenvalue weighted by molar-refractivity contribution is 7.16. The summed E-state index contributed by atoms with van der Waals surface area (Å²) >= 11 is 19.9. The first-order chi connectivity index (χ1) is 13.3. The van der Waals surface area contributed by atoms with Gasteiger partial charge in [-0.15, -0.1) is 11.3 Å². The molecule has 0 fully saturated rings. The Morgan fingerprint density at radius 1 is 1.00 bits per heavy atom. The molecule has 0 saturated heterocycles. The van der Waals surface area contributed by atoms with Crippen molar-refractivity contribution in [2.45, 2.75) is 6.92 Å². The molecule has 0 amide bonds. The smallest absolute Gasteiger partial charge is 0.186 e. The molecule has 0 atom stereocenters. The second-order valence-corrected chi connectivity index (χ2v) is 8.67. The Balaban J connectivity index is 1.79. The molecule has 4 aromatic rings. The summed E-state index contributed by atoms with van der Waals surface area (Å²) in [6.07, 6.45) is 0. The van der Waals surface area contributed by atoms with Crippen LogP contribution in [0.25, 0.3) is 33.2 Å². The molecule has 2 aromatic heterocycles. The monoisotopic (exact) mass is 451 g/mol. The summed E-state index contributed by atoms with van der Waals surface area (Å²) in [5.74, 6) is 0.430. The molecule has 28 heavy (non-hydrogen) atoms. The summed E-state index contributed by atoms with van der Waals surface area (Å²) < 4.78 is 15.9. The molecule has 2 heterocycles. The van der Waals surface area contributed by atoms with Crippen LogP contribution < -0.4 is 0 Å². The van der Waals surface area contributed by atoms with Gasteiger partial charge in [-0.3, -0.25) is 0 Å². The van der Waals surface area contributed by atoms with E-state index in [2.05, 4.69) is 10.1 Å². The molecule has 0 aliphatic heterocycles. The first-order valence-corrected chi connectivity index (χ1v) is 10.2. The standard InChI is InChI=1S/C20H13Cl3FN3S/c1-10-12(9-17(28-10)11-6-7-13(21)15(23)8-11)20-25-19(26-27(20)2)18-14(22)4-3-5-16(18)24/h3-9H,1-2H3. The Morgan fingerprint density at radius 2 is 1.79 bits per heavy atom. The van der Waals surface area contributed by atoms with E-state index in [-0.39, 0.29) is 16.4 Å². The molecule has 4 rings (SSSR count). The lowest BCUT2D eigenvalue weighted by molar-refractivity contribution is 0.629. The molecule has 0 N–H and O–H groups in total. The van der Waals surface area contributed by atoms with E-state index < -0.39 is 5.82 Å². The van der Waals surface area contributed by atoms with Crippen LogP contribution in [0, 0.1) is 12.7 Å². The third kappa shape index (κ3) is 3.44. The van der Waals surface area contributed by atoms with Crippen molar-refractivity contribution < 1.29 is 4.39 Å². The maximum absolute atomic E-state index is 14.3. The van der Waals surface area contributed by atoms with E-state index in [9.17, 15) is 4.39 Å². The largest absolute Gasteiger partial charge is 0.248 e. The maximum Gasteiger partial charge on any atom is 0.186 e. The van der Waals surface area contributed by atoms with Gasteiger partial charge < -0.3 is 0 Å². The van der Waals surface area contributed by atoms with Crippen LogP contribution in [0.2, 0.25) is 15.1 Å². The van der Waals surface area contributed by atoms with E-state index in [1.165, 1.54) is 6.07 Å². The van der Waals surface area contributed by atoms with Gasteiger partial charge in [0.2, 0.25) is 0 Å². The second kappa shape index (κ2) is 7.48. The van der Waals surface area contributed by atoms with Gasteiger partial charge in [-0.05, 0) is 42.8 Å². The molecule has 0 unspecified atom stereocenters. The number of aryl methyl sites for hydroxylation is 2. The lowest BCUT2D eigenvalue weighted by atomic mass is 10.1. The van der Waals surface area contributed by atoms with Crippen LogP contribution in [-0.2, 0) is 7.05 Å². The zero-order valence-electron chi connectivity index (χ0n) is 14.8. The van der Waals surface area contributed by atoms with Gasteiger partial charge in [0, 0.05) is 22.4 Å². The Labute approximate surface area is 180 Å². The van der Waals surface area contributed by atoms with Gasteiger partial charge in [0.05, 0.1) is 20.6 Å². The number of thiophene rings is 1. The van der Waals surface area contributed by atoms with Crippen molar-refractivity contribution in [2.75, 3.05) is 0 Å². The van der Waals surface area contributed by atoms with Gasteiger partial charge in [0.15, 0.2) is 11.6 Å². The van der Waals surface area contributed by atoms with Crippen LogP contribution in [-0.4, -0.2) is 14.8 Å². The van der Waals surface area contributed by atoms with Crippen molar-refractivity contribution in [3.63, 3.8) is 0 Å². The predicted molar refractivity (Wildman–Crippen MR) is 115 cm³/mol. The third-order valence-electron chi connectivity index (χ3n) is 4.31. The van der Waals surface area contributed by atoms with E-state index in [0.717, 1.165) is 20.9 Å². The van der Waals surface area contributed by atoms with Gasteiger partial charge in [-0.25, -0.2) is 14.1 Å². The minimum atomic E-state index is -0.455. The van der Waals surface area contributed by atoms with Crippen LogP contribution in [0.5, 0.6) is 0 Å². The molecular formula is C20H13Cl3FN3S. The van der Waals surface area contributed by atoms with Crippen molar-refractivity contribution in [2.24, 2.45) is 7.05 Å². The first kappa shape index (κ1) is 19.4. The molecule has 3 nitrogen and oxygen atoms in total. The number of benzene rings is 2. The Bertz CT molecular complexity index is 1180. The fourth-order valence-corrected chi connectivity index (χ4v) is 4.49. The van der Waals surface area contributed by atoms with Crippen LogP contribution >= 0.6 is 46.1 Å². The number of aromatic nitrogens is 3. The third-order valence-corrected chi connectivity index (χ3v) is 6.47. The molecule has 0 bridgehead atoms. The van der Waals surface area contributed by atoms with Crippen molar-refractivity contribution in [1.29, 1.82) is 0 Å². The van der Waals surface area contributed by atoms with Gasteiger partial charge in [-0.1, -0.05) is 46.9 Å². The fraction of sp³-hybridized carbons (Fsp3) is 0.100. The topological polar surface area (TPSA) is 30.7 Å². The Morgan fingerprint density at radius 3 is 2.50 bits per heavy atom. The highest BCUT2D eigenvalue weighted by atomic mass is 35.5. The molecule has 0 saturated carbocycles. The van der Waals surface area contributed by atoms with E-state index >= 15 is 0 Å². The average Bonchev–Trinajstić information content (AvgIpc) is 3.20. The fourth-order valence-electron chi connectivity index (χ4n) is 2.93. The lowest BCUT2D eigenvalue weighted by Crippen LogP contribution is -1.94. The summed E-state index contributed by atoms with van der Waals surface area (Å²) in [5, 5.41) is 5.66. The molecule has 0 radical (unpaired) electrons. The minimum Gasteiger partial charge on any atom is -0.248 e. The van der Waals surface area contributed by atoms with Crippen LogP contribution in [0.4, 0.5) is 4.39 Å². The summed E-state index contributed by atoms with van der Waals surface area (Å²) in [6, 6.07) is 12.1. The highest BCUT2D eigenvalue weighted by Gasteiger charge is 2.20. The summed E-state index contributed by atoms with van der Waals surface area (Å²) in [7, 11) is 1.77. The number of nitrogens with zero attached hydrogens (tertiary/aromatic N) is 3. The molecule has 0 aliphatic rings. The minimum absolute atomic E-state index is 0.198. The van der Waals surface area contributed by atoms with E-state index in [4.69, 9.17) is 34.8 Å². The van der Waals surface area contributed by atoms with Gasteiger partial charge in [0.1, 0.15) is 5.82 Å². The van der Waals surface area contributed by atoms with Crippen LogP contribution in [0.3, 0.4) is 0 Å². The van der Waals surface area contributed by atoms with Crippen LogP contribution in [0.15, 0.2) is 42.5 Å². The lowest BCUT2D eigenvalue weighted by Gasteiger charge is -2.00. The van der Waals surface area contributed by atoms with Gasteiger partial charge in [0.25, 0.3) is 0 Å². The van der Waals surface area contributed by atoms with Gasteiger partial charge in [-0.2, -0.15) is 5.10 Å². The number of halogens is 4. The summed E-state index contributed by atoms with van der Waals surface area (Å²) in [5.41, 5.74) is 2.08. The van der Waals surface area contributed by atoms with Crippen molar-refractivity contribution in [3.8, 4) is 33.2 Å². The number of hydrogen-bond donors (Lipinski definition) is 0. The quantitative estimate of drug-likeness (QED) is 0.327. The first-order valence-electron chi connectivity index (χ1n) is 8.27. The highest BCUT2D eigenvalue weighted by Crippen LogP contribution is 2.39. The number of rotatable bonds is 3. The van der Waals surface area contributed by atoms with E-state index in [0.29, 0.717) is 15.9 Å². The Kier molecular flexibility index (Phi) is 5.19. The second-order valence-electron chi connectivity index (χ2n) is 6.19. The molecular weight excluding hydrogens is 440 g/mol. The van der Waals surface area contributed by atoms with Crippen LogP contribution in [0.1, 0.15) is 4.88 Å². The van der Waals surface area contributed by atoms with Crippen molar-refractivity contribution in [1.82, 2.24) is 14.8 Å². The zero-order valence-corrected chi connectivity index (χ0v) is 17.9. The Hall–Kier alpha value is -1.92. The average molecular weight is 453 g/mol. The van der Waals surface area contributed by atoms with Gasteiger partial charge >= 0.3 is 0 Å². The normalized spacial score (nSPS) is 11.2. The van der Waals surface area contributed by atoms with Crippen molar-refractivity contribution >= 4 is 46.1 Å². The number of hydrogen-bond acceptors (Lipinski definition) is 3. The summed E-state index contributed by atoms with van der Waals surface area (Å²) in [6.45, 7) is 2.01. The van der Waals surface area contributed by atoms with E-state index in [1.54, 1.807) is 41.3 Å². The molecule has 2 aromatic carbocycles. The maximum atomic E-state index is 14.3.